The Kier molecular flexibility index (Phi) is 6.49. The van der Waals surface area contributed by atoms with E-state index < -0.39 is 0 Å². The second-order valence-electron chi connectivity index (χ2n) is 5.51. The highest BCUT2D eigenvalue weighted by atomic mass is 35.5. The Morgan fingerprint density at radius 2 is 2.25 bits per heavy atom. The van der Waals surface area contributed by atoms with E-state index in [4.69, 9.17) is 10.2 Å². The van der Waals surface area contributed by atoms with Crippen molar-refractivity contribution >= 4 is 18.3 Å². The molecule has 2 rings (SSSR count). The zero-order chi connectivity index (χ0) is 13.8. The summed E-state index contributed by atoms with van der Waals surface area (Å²) in [5.74, 6) is 1.65. The quantitative estimate of drug-likeness (QED) is 0.895. The van der Waals surface area contributed by atoms with E-state index in [1.807, 2.05) is 13.8 Å². The molecular weight excluding hydrogens is 278 g/mol. The Balaban J connectivity index is 0.00000200. The van der Waals surface area contributed by atoms with Crippen molar-refractivity contribution in [1.29, 1.82) is 0 Å². The molecular formula is C14H24ClN3O2. The number of aromatic nitrogens is 1. The van der Waals surface area contributed by atoms with Crippen LogP contribution >= 0.6 is 12.4 Å². The van der Waals surface area contributed by atoms with Crippen LogP contribution in [0, 0.1) is 12.8 Å². The van der Waals surface area contributed by atoms with Gasteiger partial charge in [0.25, 0.3) is 0 Å². The molecule has 6 heteroatoms. The number of aryl methyl sites for hydroxylation is 1. The number of nitrogens with one attached hydrogen (secondary N) is 1. The highest BCUT2D eigenvalue weighted by Gasteiger charge is 2.25. The average molecular weight is 302 g/mol. The van der Waals surface area contributed by atoms with Crippen molar-refractivity contribution in [2.24, 2.45) is 11.7 Å². The summed E-state index contributed by atoms with van der Waals surface area (Å²) in [6.45, 7) is 3.72. The third-order valence-electron chi connectivity index (χ3n) is 3.80. The molecule has 3 N–H and O–H groups in total. The highest BCUT2D eigenvalue weighted by molar-refractivity contribution is 5.85. The molecule has 1 aromatic rings. The van der Waals surface area contributed by atoms with E-state index >= 15 is 0 Å². The summed E-state index contributed by atoms with van der Waals surface area (Å²) in [6.07, 6.45) is 6.62. The molecule has 114 valence electrons. The van der Waals surface area contributed by atoms with Gasteiger partial charge in [0, 0.05) is 12.5 Å². The zero-order valence-electron chi connectivity index (χ0n) is 12.1. The third-order valence-corrected chi connectivity index (χ3v) is 3.80. The minimum Gasteiger partial charge on any atom is -0.444 e. The molecule has 1 saturated carbocycles. The maximum atomic E-state index is 12.0. The molecule has 1 aliphatic rings. The smallest absolute Gasteiger partial charge is 0.220 e. The Morgan fingerprint density at radius 3 is 2.85 bits per heavy atom. The maximum absolute atomic E-state index is 12.0. The van der Waals surface area contributed by atoms with E-state index in [0.29, 0.717) is 18.2 Å². The van der Waals surface area contributed by atoms with Crippen molar-refractivity contribution in [2.45, 2.75) is 58.0 Å². The molecule has 0 aliphatic heterocycles. The van der Waals surface area contributed by atoms with Crippen LogP contribution in [0.5, 0.6) is 0 Å². The second-order valence-corrected chi connectivity index (χ2v) is 5.51. The molecule has 0 spiro atoms. The lowest BCUT2D eigenvalue weighted by atomic mass is 9.83. The summed E-state index contributed by atoms with van der Waals surface area (Å²) in [7, 11) is 0. The van der Waals surface area contributed by atoms with Gasteiger partial charge in [0.2, 0.25) is 11.8 Å². The molecule has 0 aromatic carbocycles. The lowest BCUT2D eigenvalue weighted by Gasteiger charge is -2.28. The van der Waals surface area contributed by atoms with Crippen LogP contribution in [0.15, 0.2) is 10.6 Å². The molecule has 1 heterocycles. The van der Waals surface area contributed by atoms with Crippen molar-refractivity contribution < 1.29 is 9.21 Å². The van der Waals surface area contributed by atoms with Gasteiger partial charge >= 0.3 is 0 Å². The number of halogens is 1. The van der Waals surface area contributed by atoms with Crippen LogP contribution < -0.4 is 11.1 Å². The van der Waals surface area contributed by atoms with Crippen molar-refractivity contribution in [1.82, 2.24) is 10.3 Å². The first kappa shape index (κ1) is 17.0. The number of amides is 1. The lowest BCUT2D eigenvalue weighted by molar-refractivity contribution is -0.123. The first-order valence-corrected chi connectivity index (χ1v) is 7.03. The average Bonchev–Trinajstić information content (AvgIpc) is 2.79. The summed E-state index contributed by atoms with van der Waals surface area (Å²) >= 11 is 0. The van der Waals surface area contributed by atoms with Gasteiger partial charge in [-0.2, -0.15) is 0 Å². The molecule has 0 bridgehead atoms. The molecule has 1 aliphatic carbocycles. The SMILES string of the molecule is Cc1cnc(C(C)NC(=O)CC2CCCCC2N)o1.Cl. The van der Waals surface area contributed by atoms with Crippen LogP contribution in [0.25, 0.3) is 0 Å². The molecule has 3 unspecified atom stereocenters. The Morgan fingerprint density at radius 1 is 1.55 bits per heavy atom. The van der Waals surface area contributed by atoms with Gasteiger partial charge in [0.15, 0.2) is 0 Å². The fourth-order valence-electron chi connectivity index (χ4n) is 2.66. The Labute approximate surface area is 126 Å². The minimum atomic E-state index is -0.194. The monoisotopic (exact) mass is 301 g/mol. The number of carbonyl (C=O) groups excluding carboxylic acids is 1. The van der Waals surface area contributed by atoms with E-state index in [0.717, 1.165) is 18.6 Å². The van der Waals surface area contributed by atoms with E-state index in [9.17, 15) is 4.79 Å². The van der Waals surface area contributed by atoms with Gasteiger partial charge in [-0.25, -0.2) is 4.98 Å². The van der Waals surface area contributed by atoms with Crippen LogP contribution in [0.4, 0.5) is 0 Å². The topological polar surface area (TPSA) is 81.2 Å². The van der Waals surface area contributed by atoms with E-state index in [-0.39, 0.29) is 30.4 Å². The third kappa shape index (κ3) is 4.49. The first-order valence-electron chi connectivity index (χ1n) is 7.03. The van der Waals surface area contributed by atoms with Gasteiger partial charge in [-0.15, -0.1) is 12.4 Å². The molecule has 1 aromatic heterocycles. The minimum absolute atomic E-state index is 0. The molecule has 3 atom stereocenters. The zero-order valence-corrected chi connectivity index (χ0v) is 12.9. The Bertz CT molecular complexity index is 436. The summed E-state index contributed by atoms with van der Waals surface area (Å²) in [6, 6.07) is -0.0280. The van der Waals surface area contributed by atoms with E-state index in [1.165, 1.54) is 12.8 Å². The lowest BCUT2D eigenvalue weighted by Crippen LogP contribution is -2.37. The molecule has 0 saturated heterocycles. The summed E-state index contributed by atoms with van der Waals surface area (Å²) < 4.78 is 5.41. The van der Waals surface area contributed by atoms with Gasteiger partial charge < -0.3 is 15.5 Å². The van der Waals surface area contributed by atoms with Gasteiger partial charge in [-0.05, 0) is 32.6 Å². The fraction of sp³-hybridized carbons (Fsp3) is 0.714. The summed E-state index contributed by atoms with van der Waals surface area (Å²) in [4.78, 5) is 16.1. The largest absolute Gasteiger partial charge is 0.444 e. The molecule has 0 radical (unpaired) electrons. The van der Waals surface area contributed by atoms with Gasteiger partial charge in [0.05, 0.1) is 6.20 Å². The number of nitrogens with zero attached hydrogens (tertiary/aromatic N) is 1. The molecule has 20 heavy (non-hydrogen) atoms. The molecule has 1 amide bonds. The molecule has 5 nitrogen and oxygen atoms in total. The van der Waals surface area contributed by atoms with Crippen molar-refractivity contribution in [3.8, 4) is 0 Å². The second kappa shape index (κ2) is 7.64. The number of hydrogen-bond acceptors (Lipinski definition) is 4. The predicted octanol–water partition coefficient (Wildman–Crippen LogP) is 2.49. The highest BCUT2D eigenvalue weighted by Crippen LogP contribution is 2.25. The fourth-order valence-corrected chi connectivity index (χ4v) is 2.66. The van der Waals surface area contributed by atoms with Crippen LogP contribution in [0.2, 0.25) is 0 Å². The number of hydrogen-bond donors (Lipinski definition) is 2. The number of nitrogens with two attached hydrogens (primary N) is 1. The maximum Gasteiger partial charge on any atom is 0.220 e. The van der Waals surface area contributed by atoms with Crippen LogP contribution in [-0.4, -0.2) is 16.9 Å². The Hall–Kier alpha value is -1.07. The standard InChI is InChI=1S/C14H23N3O2.ClH/c1-9-8-16-14(19-9)10(2)17-13(18)7-11-5-3-4-6-12(11)15;/h8,10-12H,3-7,15H2,1-2H3,(H,17,18);1H. The van der Waals surface area contributed by atoms with Gasteiger partial charge in [0.1, 0.15) is 11.8 Å². The van der Waals surface area contributed by atoms with Gasteiger partial charge in [-0.1, -0.05) is 12.8 Å². The van der Waals surface area contributed by atoms with E-state index in [1.54, 1.807) is 6.20 Å². The van der Waals surface area contributed by atoms with Crippen molar-refractivity contribution in [2.75, 3.05) is 0 Å². The summed E-state index contributed by atoms with van der Waals surface area (Å²) in [5, 5.41) is 2.93. The first-order chi connectivity index (χ1) is 9.06. The number of carbonyl (C=O) groups is 1. The number of oxazole rings is 1. The van der Waals surface area contributed by atoms with Crippen molar-refractivity contribution in [3.05, 3.63) is 17.8 Å². The predicted molar refractivity (Wildman–Crippen MR) is 79.6 cm³/mol. The molecule has 1 fully saturated rings. The normalized spacial score (nSPS) is 23.8. The van der Waals surface area contributed by atoms with Crippen LogP contribution in [0.3, 0.4) is 0 Å². The van der Waals surface area contributed by atoms with Crippen LogP contribution in [-0.2, 0) is 4.79 Å². The van der Waals surface area contributed by atoms with Gasteiger partial charge in [-0.3, -0.25) is 4.79 Å². The van der Waals surface area contributed by atoms with Crippen LogP contribution in [0.1, 0.15) is 56.7 Å². The van der Waals surface area contributed by atoms with Crippen molar-refractivity contribution in [3.63, 3.8) is 0 Å². The number of rotatable bonds is 4. The van der Waals surface area contributed by atoms with E-state index in [2.05, 4.69) is 10.3 Å². The summed E-state index contributed by atoms with van der Waals surface area (Å²) in [5.41, 5.74) is 6.06.